The molecule has 5 nitrogen and oxygen atoms in total. The summed E-state index contributed by atoms with van der Waals surface area (Å²) in [6.07, 6.45) is 1.30. The number of aryl methyl sites for hydroxylation is 1. The number of rotatable bonds is 3. The molecule has 0 amide bonds. The molecule has 0 spiro atoms. The van der Waals surface area contributed by atoms with Crippen molar-refractivity contribution >= 4 is 40.8 Å². The average Bonchev–Trinajstić information content (AvgIpc) is 2.42. The van der Waals surface area contributed by atoms with Gasteiger partial charge in [0.2, 0.25) is 5.75 Å². The highest BCUT2D eigenvalue weighted by atomic mass is 35.5. The molecule has 0 unspecified atom stereocenters. The van der Waals surface area contributed by atoms with Crippen LogP contribution in [0.4, 0.5) is 11.4 Å². The number of nitrogens with zero attached hydrogens (tertiary/aromatic N) is 2. The summed E-state index contributed by atoms with van der Waals surface area (Å²) in [6.45, 7) is 1.86. The number of phenols is 1. The van der Waals surface area contributed by atoms with E-state index < -0.39 is 16.4 Å². The van der Waals surface area contributed by atoms with Gasteiger partial charge in [0.05, 0.1) is 10.6 Å². The van der Waals surface area contributed by atoms with Crippen LogP contribution in [0, 0.1) is 17.0 Å². The molecule has 2 rings (SSSR count). The van der Waals surface area contributed by atoms with Gasteiger partial charge in [0.25, 0.3) is 0 Å². The number of benzene rings is 2. The van der Waals surface area contributed by atoms with Gasteiger partial charge in [-0.3, -0.25) is 15.1 Å². The van der Waals surface area contributed by atoms with Gasteiger partial charge in [-0.25, -0.2) is 0 Å². The Morgan fingerprint density at radius 3 is 2.62 bits per heavy atom. The number of aromatic hydroxyl groups is 1. The lowest BCUT2D eigenvalue weighted by atomic mass is 10.2. The topological polar surface area (TPSA) is 75.7 Å². The van der Waals surface area contributed by atoms with E-state index in [-0.39, 0.29) is 10.6 Å². The van der Waals surface area contributed by atoms with Crippen molar-refractivity contribution in [2.45, 2.75) is 6.92 Å². The van der Waals surface area contributed by atoms with Gasteiger partial charge in [-0.1, -0.05) is 29.3 Å². The lowest BCUT2D eigenvalue weighted by Gasteiger charge is -2.02. The monoisotopic (exact) mass is 324 g/mol. The molecule has 0 fully saturated rings. The fraction of sp³-hybridized carbons (Fsp3) is 0.0714. The van der Waals surface area contributed by atoms with Crippen LogP contribution < -0.4 is 0 Å². The van der Waals surface area contributed by atoms with Crippen LogP contribution in [-0.2, 0) is 0 Å². The van der Waals surface area contributed by atoms with Crippen LogP contribution in [-0.4, -0.2) is 16.2 Å². The van der Waals surface area contributed by atoms with Crippen molar-refractivity contribution in [3.63, 3.8) is 0 Å². The van der Waals surface area contributed by atoms with E-state index >= 15 is 0 Å². The maximum atomic E-state index is 10.8. The smallest absolute Gasteiger partial charge is 0.312 e. The molecule has 0 aromatic heterocycles. The second-order valence-corrected chi connectivity index (χ2v) is 5.16. The molecular weight excluding hydrogens is 315 g/mol. The summed E-state index contributed by atoms with van der Waals surface area (Å²) in [7, 11) is 0. The minimum atomic E-state index is -0.707. The molecule has 0 aliphatic rings. The fourth-order valence-corrected chi connectivity index (χ4v) is 2.04. The van der Waals surface area contributed by atoms with Gasteiger partial charge in [-0.2, -0.15) is 0 Å². The maximum Gasteiger partial charge on any atom is 0.312 e. The van der Waals surface area contributed by atoms with E-state index in [0.717, 1.165) is 11.6 Å². The normalized spacial score (nSPS) is 11.0. The Kier molecular flexibility index (Phi) is 4.45. The highest BCUT2D eigenvalue weighted by molar-refractivity contribution is 6.31. The molecule has 0 saturated heterocycles. The first-order chi connectivity index (χ1) is 9.88. The average molecular weight is 325 g/mol. The third-order valence-electron chi connectivity index (χ3n) is 2.79. The molecule has 0 heterocycles. The molecule has 0 aliphatic carbocycles. The van der Waals surface area contributed by atoms with Gasteiger partial charge in [-0.15, -0.1) is 0 Å². The Labute approximate surface area is 130 Å². The van der Waals surface area contributed by atoms with Crippen molar-refractivity contribution in [1.82, 2.24) is 0 Å². The Hall–Kier alpha value is -2.11. The van der Waals surface area contributed by atoms with Gasteiger partial charge in [-0.05, 0) is 30.7 Å². The molecule has 0 aliphatic heterocycles. The predicted octanol–water partition coefficient (Wildman–Crippen LogP) is 4.67. The molecule has 0 radical (unpaired) electrons. The first-order valence-corrected chi connectivity index (χ1v) is 6.61. The Morgan fingerprint density at radius 2 is 2.00 bits per heavy atom. The third kappa shape index (κ3) is 3.51. The second kappa shape index (κ2) is 6.11. The van der Waals surface area contributed by atoms with Crippen molar-refractivity contribution < 1.29 is 10.0 Å². The van der Waals surface area contributed by atoms with Gasteiger partial charge < -0.3 is 5.11 Å². The van der Waals surface area contributed by atoms with Crippen molar-refractivity contribution in [3.05, 3.63) is 61.6 Å². The van der Waals surface area contributed by atoms with Crippen molar-refractivity contribution in [1.29, 1.82) is 0 Å². The summed E-state index contributed by atoms with van der Waals surface area (Å²) in [5.74, 6) is -0.480. The summed E-state index contributed by atoms with van der Waals surface area (Å²) < 4.78 is 0. The number of nitro benzene ring substituents is 1. The van der Waals surface area contributed by atoms with Crippen LogP contribution >= 0.6 is 23.2 Å². The molecule has 1 N–H and O–H groups in total. The van der Waals surface area contributed by atoms with E-state index in [1.165, 1.54) is 12.3 Å². The molecule has 21 heavy (non-hydrogen) atoms. The quantitative estimate of drug-likeness (QED) is 0.506. The highest BCUT2D eigenvalue weighted by Crippen LogP contribution is 2.32. The number of hydrogen-bond donors (Lipinski definition) is 1. The minimum absolute atomic E-state index is 0.142. The fourth-order valence-electron chi connectivity index (χ4n) is 1.65. The van der Waals surface area contributed by atoms with E-state index in [1.807, 2.05) is 6.92 Å². The van der Waals surface area contributed by atoms with Crippen molar-refractivity contribution in [3.8, 4) is 5.75 Å². The van der Waals surface area contributed by atoms with E-state index in [9.17, 15) is 15.2 Å². The van der Waals surface area contributed by atoms with Crippen LogP contribution in [0.25, 0.3) is 0 Å². The largest absolute Gasteiger partial charge is 0.502 e. The lowest BCUT2D eigenvalue weighted by molar-refractivity contribution is -0.385. The lowest BCUT2D eigenvalue weighted by Crippen LogP contribution is -1.92. The van der Waals surface area contributed by atoms with Crippen LogP contribution in [0.1, 0.15) is 11.1 Å². The number of hydrogen-bond acceptors (Lipinski definition) is 4. The predicted molar refractivity (Wildman–Crippen MR) is 83.2 cm³/mol. The minimum Gasteiger partial charge on any atom is -0.502 e. The first-order valence-electron chi connectivity index (χ1n) is 5.85. The molecule has 0 bridgehead atoms. The van der Waals surface area contributed by atoms with E-state index in [0.29, 0.717) is 10.7 Å². The number of phenolic OH excluding ortho intramolecular Hbond substituents is 1. The molecule has 7 heteroatoms. The van der Waals surface area contributed by atoms with Crippen LogP contribution in [0.2, 0.25) is 10.0 Å². The van der Waals surface area contributed by atoms with Crippen molar-refractivity contribution in [2.75, 3.05) is 0 Å². The Balaban J connectivity index is 2.41. The molecule has 2 aromatic carbocycles. The molecular formula is C14H10Cl2N2O3. The van der Waals surface area contributed by atoms with Crippen LogP contribution in [0.3, 0.4) is 0 Å². The van der Waals surface area contributed by atoms with Gasteiger partial charge in [0.1, 0.15) is 0 Å². The maximum absolute atomic E-state index is 10.8. The summed E-state index contributed by atoms with van der Waals surface area (Å²) in [6, 6.07) is 7.67. The third-order valence-corrected chi connectivity index (χ3v) is 3.41. The molecule has 108 valence electrons. The highest BCUT2D eigenvalue weighted by Gasteiger charge is 2.17. The Morgan fingerprint density at radius 1 is 1.29 bits per heavy atom. The SMILES string of the molecule is Cc1ccc(N=Cc2cc(Cl)cc([N+](=O)[O-])c2O)cc1Cl. The molecule has 2 aromatic rings. The Bertz CT molecular complexity index is 745. The summed E-state index contributed by atoms with van der Waals surface area (Å²) >= 11 is 11.8. The summed E-state index contributed by atoms with van der Waals surface area (Å²) in [5.41, 5.74) is 1.17. The summed E-state index contributed by atoms with van der Waals surface area (Å²) in [4.78, 5) is 14.2. The van der Waals surface area contributed by atoms with Crippen LogP contribution in [0.15, 0.2) is 35.3 Å². The molecule has 0 saturated carbocycles. The van der Waals surface area contributed by atoms with Gasteiger partial charge in [0, 0.05) is 27.9 Å². The second-order valence-electron chi connectivity index (χ2n) is 4.31. The van der Waals surface area contributed by atoms with E-state index in [1.54, 1.807) is 18.2 Å². The molecule has 0 atom stereocenters. The summed E-state index contributed by atoms with van der Waals surface area (Å²) in [5, 5.41) is 21.4. The number of halogens is 2. The van der Waals surface area contributed by atoms with E-state index in [4.69, 9.17) is 23.2 Å². The first kappa shape index (κ1) is 15.3. The number of nitro groups is 1. The number of aliphatic imine (C=N–C) groups is 1. The van der Waals surface area contributed by atoms with Crippen LogP contribution in [0.5, 0.6) is 5.75 Å². The standard InChI is InChI=1S/C14H10Cl2N2O3/c1-8-2-3-11(6-12(8)16)17-7-9-4-10(15)5-13(14(9)19)18(20)21/h2-7,19H,1H3. The zero-order chi connectivity index (χ0) is 15.6. The van der Waals surface area contributed by atoms with E-state index in [2.05, 4.69) is 4.99 Å². The van der Waals surface area contributed by atoms with Crippen molar-refractivity contribution in [2.24, 2.45) is 4.99 Å². The zero-order valence-electron chi connectivity index (χ0n) is 10.9. The van der Waals surface area contributed by atoms with Gasteiger partial charge in [0.15, 0.2) is 0 Å². The zero-order valence-corrected chi connectivity index (χ0v) is 12.4. The van der Waals surface area contributed by atoms with Gasteiger partial charge >= 0.3 is 5.69 Å².